The highest BCUT2D eigenvalue weighted by Crippen LogP contribution is 2.13. The van der Waals surface area contributed by atoms with Crippen LogP contribution in [0.5, 0.6) is 0 Å². The molecule has 0 heterocycles. The van der Waals surface area contributed by atoms with Gasteiger partial charge in [0.2, 0.25) is 0 Å². The molecule has 19 heavy (non-hydrogen) atoms. The fourth-order valence-corrected chi connectivity index (χ4v) is 1.82. The van der Waals surface area contributed by atoms with Crippen LogP contribution in [0.1, 0.15) is 31.4 Å². The molecule has 1 aromatic carbocycles. The Bertz CT molecular complexity index is 409. The van der Waals surface area contributed by atoms with Crippen LogP contribution in [-0.4, -0.2) is 24.7 Å². The molecule has 1 aromatic rings. The number of ether oxygens (including phenoxy) is 1. The number of unbranched alkanes of at least 4 members (excludes halogenated alkanes) is 1. The lowest BCUT2D eigenvalue weighted by atomic mass is 10.1. The zero-order valence-electron chi connectivity index (χ0n) is 11.3. The van der Waals surface area contributed by atoms with E-state index in [2.05, 4.69) is 17.6 Å². The third-order valence-corrected chi connectivity index (χ3v) is 2.92. The summed E-state index contributed by atoms with van der Waals surface area (Å²) in [4.78, 5) is 11.8. The van der Waals surface area contributed by atoms with Crippen LogP contribution in [0.3, 0.4) is 0 Å². The van der Waals surface area contributed by atoms with Crippen molar-refractivity contribution in [2.24, 2.45) is 0 Å². The molecule has 0 saturated carbocycles. The molecule has 5 heteroatoms. The maximum absolute atomic E-state index is 11.8. The van der Waals surface area contributed by atoms with Crippen LogP contribution in [0.25, 0.3) is 0 Å². The summed E-state index contributed by atoms with van der Waals surface area (Å²) in [6, 6.07) is 8.80. The second-order valence-electron chi connectivity index (χ2n) is 4.12. The van der Waals surface area contributed by atoms with Gasteiger partial charge in [-0.25, -0.2) is 4.79 Å². The van der Waals surface area contributed by atoms with Gasteiger partial charge in [0, 0.05) is 6.54 Å². The molecule has 1 atom stereocenters. The number of hydrogen-bond acceptors (Lipinski definition) is 3. The first-order valence-corrected chi connectivity index (χ1v) is 6.77. The number of hydrogen-bond donors (Lipinski definition) is 2. The molecule has 104 valence electrons. The molecule has 0 aliphatic heterocycles. The van der Waals surface area contributed by atoms with Gasteiger partial charge in [-0.2, -0.15) is 0 Å². The highest BCUT2D eigenvalue weighted by molar-refractivity contribution is 7.80. The van der Waals surface area contributed by atoms with E-state index in [4.69, 9.17) is 17.0 Å². The zero-order chi connectivity index (χ0) is 14.1. The predicted molar refractivity (Wildman–Crippen MR) is 79.8 cm³/mol. The minimum absolute atomic E-state index is 0.356. The Morgan fingerprint density at radius 1 is 1.37 bits per heavy atom. The van der Waals surface area contributed by atoms with Crippen molar-refractivity contribution in [2.45, 2.75) is 25.8 Å². The second-order valence-corrected chi connectivity index (χ2v) is 4.53. The molecule has 0 amide bonds. The largest absolute Gasteiger partial charge is 0.467 e. The highest BCUT2D eigenvalue weighted by Gasteiger charge is 2.21. The van der Waals surface area contributed by atoms with E-state index in [-0.39, 0.29) is 5.97 Å². The van der Waals surface area contributed by atoms with Gasteiger partial charge in [-0.1, -0.05) is 43.7 Å². The van der Waals surface area contributed by atoms with E-state index < -0.39 is 6.04 Å². The smallest absolute Gasteiger partial charge is 0.333 e. The number of carbonyl (C=O) groups is 1. The van der Waals surface area contributed by atoms with Crippen molar-refractivity contribution in [2.75, 3.05) is 13.7 Å². The molecule has 2 N–H and O–H groups in total. The summed E-state index contributed by atoms with van der Waals surface area (Å²) < 4.78 is 4.80. The van der Waals surface area contributed by atoms with Gasteiger partial charge in [-0.15, -0.1) is 0 Å². The first-order chi connectivity index (χ1) is 9.19. The minimum atomic E-state index is -0.576. The lowest BCUT2D eigenvalue weighted by molar-refractivity contribution is -0.142. The van der Waals surface area contributed by atoms with Crippen molar-refractivity contribution < 1.29 is 9.53 Å². The third kappa shape index (κ3) is 5.26. The van der Waals surface area contributed by atoms with Crippen LogP contribution in [-0.2, 0) is 9.53 Å². The van der Waals surface area contributed by atoms with Crippen molar-refractivity contribution in [3.8, 4) is 0 Å². The topological polar surface area (TPSA) is 50.4 Å². The lowest BCUT2D eigenvalue weighted by Crippen LogP contribution is -2.41. The van der Waals surface area contributed by atoms with Crippen molar-refractivity contribution in [1.82, 2.24) is 10.6 Å². The van der Waals surface area contributed by atoms with E-state index in [1.807, 2.05) is 30.3 Å². The Hall–Kier alpha value is -1.62. The SMILES string of the molecule is CCCCNC(=S)NC(C(=O)OC)c1ccccc1. The van der Waals surface area contributed by atoms with Crippen LogP contribution in [0, 0.1) is 0 Å². The van der Waals surface area contributed by atoms with Crippen LogP contribution in [0.15, 0.2) is 30.3 Å². The maximum atomic E-state index is 11.8. The van der Waals surface area contributed by atoms with E-state index in [0.717, 1.165) is 24.9 Å². The van der Waals surface area contributed by atoms with E-state index >= 15 is 0 Å². The molecule has 0 aromatic heterocycles. The third-order valence-electron chi connectivity index (χ3n) is 2.66. The molecule has 1 rings (SSSR count). The molecular formula is C14H20N2O2S. The number of nitrogens with one attached hydrogen (secondary N) is 2. The Balaban J connectivity index is 2.66. The van der Waals surface area contributed by atoms with Crippen LogP contribution >= 0.6 is 12.2 Å². The summed E-state index contributed by atoms with van der Waals surface area (Å²) >= 11 is 5.18. The monoisotopic (exact) mass is 280 g/mol. The van der Waals surface area contributed by atoms with E-state index in [0.29, 0.717) is 5.11 Å². The average molecular weight is 280 g/mol. The normalized spacial score (nSPS) is 11.5. The minimum Gasteiger partial charge on any atom is -0.467 e. The van der Waals surface area contributed by atoms with Crippen LogP contribution in [0.4, 0.5) is 0 Å². The van der Waals surface area contributed by atoms with Gasteiger partial charge in [-0.05, 0) is 24.2 Å². The second kappa shape index (κ2) is 8.48. The van der Waals surface area contributed by atoms with Crippen molar-refractivity contribution in [3.63, 3.8) is 0 Å². The summed E-state index contributed by atoms with van der Waals surface area (Å²) in [7, 11) is 1.37. The number of benzene rings is 1. The van der Waals surface area contributed by atoms with Gasteiger partial charge >= 0.3 is 5.97 Å². The summed E-state index contributed by atoms with van der Waals surface area (Å²) in [5.74, 6) is -0.356. The van der Waals surface area contributed by atoms with Gasteiger partial charge in [0.05, 0.1) is 7.11 Å². The van der Waals surface area contributed by atoms with Gasteiger partial charge < -0.3 is 15.4 Å². The molecule has 0 saturated heterocycles. The number of thiocarbonyl (C=S) groups is 1. The first-order valence-electron chi connectivity index (χ1n) is 6.36. The number of carbonyl (C=O) groups excluding carboxylic acids is 1. The zero-order valence-corrected chi connectivity index (χ0v) is 12.1. The van der Waals surface area contributed by atoms with Crippen molar-refractivity contribution >= 4 is 23.3 Å². The Labute approximate surface area is 119 Å². The molecule has 0 fully saturated rings. The van der Waals surface area contributed by atoms with Gasteiger partial charge in [0.15, 0.2) is 11.2 Å². The number of rotatable bonds is 6. The fourth-order valence-electron chi connectivity index (χ4n) is 1.60. The Morgan fingerprint density at radius 3 is 2.63 bits per heavy atom. The average Bonchev–Trinajstić information content (AvgIpc) is 2.45. The molecule has 4 nitrogen and oxygen atoms in total. The summed E-state index contributed by atoms with van der Waals surface area (Å²) in [6.07, 6.45) is 2.13. The van der Waals surface area contributed by atoms with E-state index in [9.17, 15) is 4.79 Å². The van der Waals surface area contributed by atoms with E-state index in [1.54, 1.807) is 0 Å². The highest BCUT2D eigenvalue weighted by atomic mass is 32.1. The first kappa shape index (κ1) is 15.4. The Kier molecular flexibility index (Phi) is 6.89. The van der Waals surface area contributed by atoms with Crippen molar-refractivity contribution in [3.05, 3.63) is 35.9 Å². The maximum Gasteiger partial charge on any atom is 0.333 e. The van der Waals surface area contributed by atoms with Gasteiger partial charge in [0.25, 0.3) is 0 Å². The number of esters is 1. The molecule has 0 radical (unpaired) electrons. The van der Waals surface area contributed by atoms with Gasteiger partial charge in [-0.3, -0.25) is 0 Å². The molecule has 1 unspecified atom stereocenters. The van der Waals surface area contributed by atoms with Gasteiger partial charge in [0.1, 0.15) is 0 Å². The molecule has 0 aliphatic rings. The van der Waals surface area contributed by atoms with Crippen LogP contribution < -0.4 is 10.6 Å². The van der Waals surface area contributed by atoms with E-state index in [1.165, 1.54) is 7.11 Å². The lowest BCUT2D eigenvalue weighted by Gasteiger charge is -2.19. The summed E-state index contributed by atoms with van der Waals surface area (Å²) in [5.41, 5.74) is 0.828. The standard InChI is InChI=1S/C14H20N2O2S/c1-3-4-10-15-14(19)16-12(13(17)18-2)11-8-6-5-7-9-11/h5-9,12H,3-4,10H2,1-2H3,(H2,15,16,19). The fraction of sp³-hybridized carbons (Fsp3) is 0.429. The quantitative estimate of drug-likeness (QED) is 0.475. The molecule has 0 spiro atoms. The predicted octanol–water partition coefficient (Wildman–Crippen LogP) is 2.16. The van der Waals surface area contributed by atoms with Crippen molar-refractivity contribution in [1.29, 1.82) is 0 Å². The summed E-state index contributed by atoms with van der Waals surface area (Å²) in [5, 5.41) is 6.53. The summed E-state index contributed by atoms with van der Waals surface area (Å²) in [6.45, 7) is 2.91. The molecular weight excluding hydrogens is 260 g/mol. The Morgan fingerprint density at radius 2 is 2.05 bits per heavy atom. The molecule has 0 aliphatic carbocycles. The van der Waals surface area contributed by atoms with Crippen LogP contribution in [0.2, 0.25) is 0 Å². The molecule has 0 bridgehead atoms. The number of methoxy groups -OCH3 is 1.